The minimum absolute atomic E-state index is 0.109. The van der Waals surface area contributed by atoms with Crippen LogP contribution in [-0.4, -0.2) is 17.9 Å². The van der Waals surface area contributed by atoms with Crippen LogP contribution in [-0.2, 0) is 17.8 Å². The zero-order valence-electron chi connectivity index (χ0n) is 9.80. The van der Waals surface area contributed by atoms with E-state index in [0.29, 0.717) is 13.0 Å². The first-order valence-electron chi connectivity index (χ1n) is 5.54. The Hall–Kier alpha value is -2.03. The minimum atomic E-state index is 0.109. The molecule has 3 nitrogen and oxygen atoms in total. The standard InChI is InChI=1S/C14H15NO2/c1-15(10-13-7-8-17-11-13)14(16)9-12-5-3-2-4-6-12/h2-8,11H,9-10H2,1H3. The maximum Gasteiger partial charge on any atom is 0.227 e. The molecule has 1 aromatic heterocycles. The van der Waals surface area contributed by atoms with Crippen LogP contribution >= 0.6 is 0 Å². The molecule has 0 fully saturated rings. The van der Waals surface area contributed by atoms with Gasteiger partial charge in [0.25, 0.3) is 0 Å². The number of likely N-dealkylation sites (N-methyl/N-ethyl adjacent to an activating group) is 1. The second-order valence-electron chi connectivity index (χ2n) is 4.04. The van der Waals surface area contributed by atoms with Crippen LogP contribution in [0.25, 0.3) is 0 Å². The number of amides is 1. The highest BCUT2D eigenvalue weighted by Crippen LogP contribution is 2.07. The molecular formula is C14H15NO2. The van der Waals surface area contributed by atoms with Gasteiger partial charge in [0.2, 0.25) is 5.91 Å². The number of rotatable bonds is 4. The van der Waals surface area contributed by atoms with Crippen LogP contribution in [0.15, 0.2) is 53.3 Å². The monoisotopic (exact) mass is 229 g/mol. The largest absolute Gasteiger partial charge is 0.472 e. The first kappa shape index (κ1) is 11.5. The van der Waals surface area contributed by atoms with E-state index in [4.69, 9.17) is 4.42 Å². The fraction of sp³-hybridized carbons (Fsp3) is 0.214. The summed E-state index contributed by atoms with van der Waals surface area (Å²) in [5.74, 6) is 0.109. The Labute approximate surface area is 101 Å². The molecule has 0 unspecified atom stereocenters. The molecule has 0 saturated heterocycles. The van der Waals surface area contributed by atoms with Gasteiger partial charge in [-0.1, -0.05) is 30.3 Å². The van der Waals surface area contributed by atoms with Crippen LogP contribution in [0.1, 0.15) is 11.1 Å². The summed E-state index contributed by atoms with van der Waals surface area (Å²) >= 11 is 0. The number of carbonyl (C=O) groups is 1. The van der Waals surface area contributed by atoms with Crippen molar-refractivity contribution in [2.24, 2.45) is 0 Å². The first-order valence-corrected chi connectivity index (χ1v) is 5.54. The topological polar surface area (TPSA) is 33.5 Å². The van der Waals surface area contributed by atoms with Gasteiger partial charge in [0.1, 0.15) is 0 Å². The van der Waals surface area contributed by atoms with Crippen LogP contribution in [0.4, 0.5) is 0 Å². The minimum Gasteiger partial charge on any atom is -0.472 e. The molecule has 0 N–H and O–H groups in total. The highest BCUT2D eigenvalue weighted by molar-refractivity contribution is 5.78. The molecule has 1 aromatic carbocycles. The fourth-order valence-corrected chi connectivity index (χ4v) is 1.65. The van der Waals surface area contributed by atoms with Gasteiger partial charge in [0.15, 0.2) is 0 Å². The van der Waals surface area contributed by atoms with Gasteiger partial charge in [-0.25, -0.2) is 0 Å². The Bertz CT molecular complexity index is 462. The molecule has 1 heterocycles. The van der Waals surface area contributed by atoms with Crippen molar-refractivity contribution >= 4 is 5.91 Å². The summed E-state index contributed by atoms with van der Waals surface area (Å²) in [5.41, 5.74) is 2.05. The Morgan fingerprint density at radius 3 is 2.59 bits per heavy atom. The normalized spacial score (nSPS) is 10.2. The molecule has 0 saturated carbocycles. The summed E-state index contributed by atoms with van der Waals surface area (Å²) in [6, 6.07) is 11.6. The Kier molecular flexibility index (Phi) is 3.60. The summed E-state index contributed by atoms with van der Waals surface area (Å²) in [4.78, 5) is 13.6. The van der Waals surface area contributed by atoms with E-state index in [1.165, 1.54) is 0 Å². The predicted molar refractivity (Wildman–Crippen MR) is 65.3 cm³/mol. The average molecular weight is 229 g/mol. The van der Waals surface area contributed by atoms with Crippen LogP contribution in [0.3, 0.4) is 0 Å². The quantitative estimate of drug-likeness (QED) is 0.807. The van der Waals surface area contributed by atoms with Gasteiger partial charge in [0, 0.05) is 19.2 Å². The summed E-state index contributed by atoms with van der Waals surface area (Å²) < 4.78 is 4.98. The van der Waals surface area contributed by atoms with Gasteiger partial charge in [0.05, 0.1) is 18.9 Å². The van der Waals surface area contributed by atoms with E-state index < -0.39 is 0 Å². The van der Waals surface area contributed by atoms with Crippen molar-refractivity contribution in [3.63, 3.8) is 0 Å². The number of benzene rings is 1. The third kappa shape index (κ3) is 3.21. The van der Waals surface area contributed by atoms with Gasteiger partial charge in [-0.2, -0.15) is 0 Å². The van der Waals surface area contributed by atoms with Crippen LogP contribution in [0.2, 0.25) is 0 Å². The summed E-state index contributed by atoms with van der Waals surface area (Å²) in [7, 11) is 1.80. The van der Waals surface area contributed by atoms with Gasteiger partial charge in [-0.05, 0) is 11.6 Å². The highest BCUT2D eigenvalue weighted by Gasteiger charge is 2.10. The summed E-state index contributed by atoms with van der Waals surface area (Å²) in [6.07, 6.45) is 3.71. The van der Waals surface area contributed by atoms with E-state index in [1.807, 2.05) is 36.4 Å². The number of furan rings is 1. The number of carbonyl (C=O) groups excluding carboxylic acids is 1. The lowest BCUT2D eigenvalue weighted by Crippen LogP contribution is -2.27. The lowest BCUT2D eigenvalue weighted by molar-refractivity contribution is -0.129. The van der Waals surface area contributed by atoms with Crippen molar-refractivity contribution in [2.75, 3.05) is 7.05 Å². The first-order chi connectivity index (χ1) is 8.25. The predicted octanol–water partition coefficient (Wildman–Crippen LogP) is 2.48. The lowest BCUT2D eigenvalue weighted by atomic mass is 10.1. The second kappa shape index (κ2) is 5.34. The Balaban J connectivity index is 1.92. The molecule has 17 heavy (non-hydrogen) atoms. The smallest absolute Gasteiger partial charge is 0.227 e. The van der Waals surface area contributed by atoms with Crippen molar-refractivity contribution in [1.29, 1.82) is 0 Å². The molecule has 3 heteroatoms. The molecule has 0 radical (unpaired) electrons. The van der Waals surface area contributed by atoms with E-state index in [1.54, 1.807) is 24.5 Å². The van der Waals surface area contributed by atoms with Gasteiger partial charge in [-0.15, -0.1) is 0 Å². The third-order valence-corrected chi connectivity index (χ3v) is 2.62. The van der Waals surface area contributed by atoms with E-state index in [0.717, 1.165) is 11.1 Å². The van der Waals surface area contributed by atoms with E-state index in [2.05, 4.69) is 0 Å². The van der Waals surface area contributed by atoms with Crippen LogP contribution in [0, 0.1) is 0 Å². The highest BCUT2D eigenvalue weighted by atomic mass is 16.3. The average Bonchev–Trinajstić information content (AvgIpc) is 2.83. The van der Waals surface area contributed by atoms with Gasteiger partial charge >= 0.3 is 0 Å². The molecule has 88 valence electrons. The Morgan fingerprint density at radius 1 is 1.18 bits per heavy atom. The molecular weight excluding hydrogens is 214 g/mol. The zero-order chi connectivity index (χ0) is 12.1. The fourth-order valence-electron chi connectivity index (χ4n) is 1.65. The molecule has 0 spiro atoms. The van der Waals surface area contributed by atoms with E-state index in [-0.39, 0.29) is 5.91 Å². The molecule has 0 aliphatic carbocycles. The van der Waals surface area contributed by atoms with E-state index in [9.17, 15) is 4.79 Å². The zero-order valence-corrected chi connectivity index (χ0v) is 9.80. The van der Waals surface area contributed by atoms with Crippen molar-refractivity contribution in [3.8, 4) is 0 Å². The third-order valence-electron chi connectivity index (χ3n) is 2.62. The number of hydrogen-bond donors (Lipinski definition) is 0. The SMILES string of the molecule is CN(Cc1ccoc1)C(=O)Cc1ccccc1. The van der Waals surface area contributed by atoms with Crippen LogP contribution in [0.5, 0.6) is 0 Å². The molecule has 0 aliphatic rings. The van der Waals surface area contributed by atoms with Crippen molar-refractivity contribution in [3.05, 3.63) is 60.1 Å². The molecule has 1 amide bonds. The van der Waals surface area contributed by atoms with Crippen molar-refractivity contribution < 1.29 is 9.21 Å². The molecule has 0 aliphatic heterocycles. The maximum atomic E-state index is 11.9. The summed E-state index contributed by atoms with van der Waals surface area (Å²) in [5, 5.41) is 0. The van der Waals surface area contributed by atoms with E-state index >= 15 is 0 Å². The maximum absolute atomic E-state index is 11.9. The molecule has 0 atom stereocenters. The summed E-state index contributed by atoms with van der Waals surface area (Å²) in [6.45, 7) is 0.585. The van der Waals surface area contributed by atoms with Crippen molar-refractivity contribution in [2.45, 2.75) is 13.0 Å². The van der Waals surface area contributed by atoms with Crippen molar-refractivity contribution in [1.82, 2.24) is 4.90 Å². The van der Waals surface area contributed by atoms with Gasteiger partial charge in [-0.3, -0.25) is 4.79 Å². The molecule has 2 aromatic rings. The molecule has 2 rings (SSSR count). The molecule has 0 bridgehead atoms. The van der Waals surface area contributed by atoms with Gasteiger partial charge < -0.3 is 9.32 Å². The number of hydrogen-bond acceptors (Lipinski definition) is 2. The number of nitrogens with zero attached hydrogens (tertiary/aromatic N) is 1. The Morgan fingerprint density at radius 2 is 1.94 bits per heavy atom. The van der Waals surface area contributed by atoms with Crippen LogP contribution < -0.4 is 0 Å². The lowest BCUT2D eigenvalue weighted by Gasteiger charge is -2.16. The second-order valence-corrected chi connectivity index (χ2v) is 4.04.